The van der Waals surface area contributed by atoms with Gasteiger partial charge in [0, 0.05) is 12.6 Å². The largest absolute Gasteiger partial charge is 0.463 e. The molecule has 4 rings (SSSR count). The van der Waals surface area contributed by atoms with E-state index in [4.69, 9.17) is 4.42 Å². The first-order valence-electron chi connectivity index (χ1n) is 9.21. The number of furan rings is 1. The Bertz CT molecular complexity index is 995. The Morgan fingerprint density at radius 2 is 2.18 bits per heavy atom. The van der Waals surface area contributed by atoms with E-state index in [1.807, 2.05) is 6.92 Å². The summed E-state index contributed by atoms with van der Waals surface area (Å²) in [4.78, 5) is 19.1. The molecule has 1 atom stereocenters. The lowest BCUT2D eigenvalue weighted by Gasteiger charge is -2.35. The first-order chi connectivity index (χ1) is 13.4. The van der Waals surface area contributed by atoms with Crippen LogP contribution in [0.5, 0.6) is 0 Å². The highest BCUT2D eigenvalue weighted by atomic mass is 19.4. The zero-order valence-corrected chi connectivity index (χ0v) is 15.2. The van der Waals surface area contributed by atoms with Gasteiger partial charge >= 0.3 is 6.18 Å². The fourth-order valence-corrected chi connectivity index (χ4v) is 3.71. The minimum Gasteiger partial charge on any atom is -0.463 e. The molecule has 1 amide bonds. The number of alkyl halides is 3. The van der Waals surface area contributed by atoms with Crippen LogP contribution in [0.15, 0.2) is 35.1 Å². The highest BCUT2D eigenvalue weighted by Gasteiger charge is 2.37. The summed E-state index contributed by atoms with van der Waals surface area (Å²) < 4.78 is 46.7. The predicted octanol–water partition coefficient (Wildman–Crippen LogP) is 4.41. The molecule has 9 heteroatoms. The molecule has 0 aliphatic carbocycles. The van der Waals surface area contributed by atoms with E-state index in [1.54, 1.807) is 11.0 Å². The molecule has 0 aromatic carbocycles. The van der Waals surface area contributed by atoms with Crippen LogP contribution < -0.4 is 0 Å². The van der Waals surface area contributed by atoms with Gasteiger partial charge < -0.3 is 9.32 Å². The fourth-order valence-electron chi connectivity index (χ4n) is 3.71. The van der Waals surface area contributed by atoms with E-state index >= 15 is 0 Å². The van der Waals surface area contributed by atoms with Crippen molar-refractivity contribution in [2.24, 2.45) is 0 Å². The molecular formula is C19H19F3N4O2. The molecule has 0 saturated carbocycles. The van der Waals surface area contributed by atoms with Gasteiger partial charge in [0.15, 0.2) is 17.1 Å². The van der Waals surface area contributed by atoms with Crippen molar-refractivity contribution in [3.05, 3.63) is 41.9 Å². The van der Waals surface area contributed by atoms with E-state index in [9.17, 15) is 18.0 Å². The number of carbonyl (C=O) groups excluding carboxylic acids is 1. The number of hydrogen-bond acceptors (Lipinski definition) is 4. The van der Waals surface area contributed by atoms with Gasteiger partial charge in [0.05, 0.1) is 12.5 Å². The maximum Gasteiger partial charge on any atom is 0.433 e. The normalized spacial score (nSPS) is 18.0. The third kappa shape index (κ3) is 3.14. The molecule has 0 N–H and O–H groups in total. The summed E-state index contributed by atoms with van der Waals surface area (Å²) in [5.74, 6) is -0.143. The lowest BCUT2D eigenvalue weighted by molar-refractivity contribution is -0.142. The maximum atomic E-state index is 13.6. The monoisotopic (exact) mass is 392 g/mol. The number of halogens is 3. The van der Waals surface area contributed by atoms with Gasteiger partial charge in [-0.25, -0.2) is 9.50 Å². The van der Waals surface area contributed by atoms with Crippen LogP contribution >= 0.6 is 0 Å². The summed E-state index contributed by atoms with van der Waals surface area (Å²) in [6.07, 6.45) is 1.47. The van der Waals surface area contributed by atoms with Crippen molar-refractivity contribution >= 4 is 11.6 Å². The summed E-state index contributed by atoms with van der Waals surface area (Å²) in [5, 5.41) is 3.83. The minimum absolute atomic E-state index is 0.00469. The van der Waals surface area contributed by atoms with E-state index < -0.39 is 11.9 Å². The third-order valence-electron chi connectivity index (χ3n) is 5.13. The van der Waals surface area contributed by atoms with Gasteiger partial charge in [-0.05, 0) is 43.9 Å². The number of piperidine rings is 1. The highest BCUT2D eigenvalue weighted by Crippen LogP contribution is 2.33. The molecule has 0 spiro atoms. The molecule has 6 nitrogen and oxygen atoms in total. The molecule has 0 unspecified atom stereocenters. The molecule has 4 heterocycles. The first kappa shape index (κ1) is 18.5. The molecule has 28 heavy (non-hydrogen) atoms. The standard InChI is InChI=1S/C19H19F3N4O2/c1-2-12-6-3-4-8-25(12)18(27)13-11-23-26-16(19(20,21)22)10-14(24-17(13)26)15-7-5-9-28-15/h5,7,9-12H,2-4,6,8H2,1H3/t12-/m0/s1. The summed E-state index contributed by atoms with van der Waals surface area (Å²) in [5.41, 5.74) is -1.05. The molecule has 3 aromatic rings. The van der Waals surface area contributed by atoms with Gasteiger partial charge in [0.2, 0.25) is 0 Å². The lowest BCUT2D eigenvalue weighted by Crippen LogP contribution is -2.43. The van der Waals surface area contributed by atoms with Gasteiger partial charge in [0.25, 0.3) is 5.91 Å². The van der Waals surface area contributed by atoms with Gasteiger partial charge in [-0.1, -0.05) is 6.92 Å². The lowest BCUT2D eigenvalue weighted by atomic mass is 9.99. The number of nitrogens with zero attached hydrogens (tertiary/aromatic N) is 4. The van der Waals surface area contributed by atoms with Crippen molar-refractivity contribution in [2.45, 2.75) is 44.8 Å². The van der Waals surface area contributed by atoms with E-state index in [2.05, 4.69) is 10.1 Å². The van der Waals surface area contributed by atoms with Crippen molar-refractivity contribution in [1.82, 2.24) is 19.5 Å². The van der Waals surface area contributed by atoms with E-state index in [1.165, 1.54) is 18.5 Å². The number of hydrogen-bond donors (Lipinski definition) is 0. The molecule has 1 fully saturated rings. The minimum atomic E-state index is -4.66. The van der Waals surface area contributed by atoms with Crippen molar-refractivity contribution < 1.29 is 22.4 Å². The summed E-state index contributed by atoms with van der Waals surface area (Å²) >= 11 is 0. The zero-order valence-electron chi connectivity index (χ0n) is 15.2. The molecule has 148 valence electrons. The average molecular weight is 392 g/mol. The number of rotatable bonds is 3. The zero-order chi connectivity index (χ0) is 19.9. The summed E-state index contributed by atoms with van der Waals surface area (Å²) in [7, 11) is 0. The molecule has 0 bridgehead atoms. The van der Waals surface area contributed by atoms with E-state index in [-0.39, 0.29) is 34.6 Å². The SMILES string of the molecule is CC[C@H]1CCCCN1C(=O)c1cnn2c(C(F)(F)F)cc(-c3ccco3)nc12. The molecule has 3 aromatic heterocycles. The van der Waals surface area contributed by atoms with Gasteiger partial charge in [-0.2, -0.15) is 18.3 Å². The molecule has 1 aliphatic rings. The summed E-state index contributed by atoms with van der Waals surface area (Å²) in [6, 6.07) is 4.04. The van der Waals surface area contributed by atoms with Crippen LogP contribution in [0.25, 0.3) is 17.1 Å². The van der Waals surface area contributed by atoms with Crippen molar-refractivity contribution in [1.29, 1.82) is 0 Å². The molecule has 0 radical (unpaired) electrons. The molecular weight excluding hydrogens is 373 g/mol. The Balaban J connectivity index is 1.86. The Morgan fingerprint density at radius 1 is 1.36 bits per heavy atom. The highest BCUT2D eigenvalue weighted by molar-refractivity contribution is 6.00. The van der Waals surface area contributed by atoms with Crippen LogP contribution in [0.2, 0.25) is 0 Å². The second-order valence-corrected chi connectivity index (χ2v) is 6.85. The first-order valence-corrected chi connectivity index (χ1v) is 9.21. The second-order valence-electron chi connectivity index (χ2n) is 6.85. The molecule has 1 saturated heterocycles. The average Bonchev–Trinajstić information content (AvgIpc) is 3.35. The Morgan fingerprint density at radius 3 is 2.86 bits per heavy atom. The number of amides is 1. The maximum absolute atomic E-state index is 13.6. The number of fused-ring (bicyclic) bond motifs is 1. The molecule has 1 aliphatic heterocycles. The van der Waals surface area contributed by atoms with Crippen molar-refractivity contribution in [2.75, 3.05) is 6.54 Å². The van der Waals surface area contributed by atoms with Crippen LogP contribution in [0.1, 0.15) is 48.7 Å². The van der Waals surface area contributed by atoms with Crippen LogP contribution in [0, 0.1) is 0 Å². The Kier molecular flexibility index (Phi) is 4.60. The van der Waals surface area contributed by atoms with Gasteiger partial charge in [-0.15, -0.1) is 0 Å². The predicted molar refractivity (Wildman–Crippen MR) is 94.7 cm³/mol. The van der Waals surface area contributed by atoms with Crippen LogP contribution in [0.4, 0.5) is 13.2 Å². The van der Waals surface area contributed by atoms with Crippen LogP contribution in [-0.2, 0) is 6.18 Å². The fraction of sp³-hybridized carbons (Fsp3) is 0.421. The summed E-state index contributed by atoms with van der Waals surface area (Å²) in [6.45, 7) is 2.58. The van der Waals surface area contributed by atoms with Crippen molar-refractivity contribution in [3.63, 3.8) is 0 Å². The quantitative estimate of drug-likeness (QED) is 0.662. The van der Waals surface area contributed by atoms with Crippen LogP contribution in [-0.4, -0.2) is 38.0 Å². The Hall–Kier alpha value is -2.84. The van der Waals surface area contributed by atoms with E-state index in [0.717, 1.165) is 31.7 Å². The number of carbonyl (C=O) groups is 1. The number of aromatic nitrogens is 3. The van der Waals surface area contributed by atoms with Gasteiger partial charge in [0.1, 0.15) is 11.3 Å². The topological polar surface area (TPSA) is 63.6 Å². The smallest absolute Gasteiger partial charge is 0.433 e. The Labute approximate surface area is 159 Å². The van der Waals surface area contributed by atoms with E-state index in [0.29, 0.717) is 11.1 Å². The third-order valence-corrected chi connectivity index (χ3v) is 5.13. The second kappa shape index (κ2) is 6.96. The van der Waals surface area contributed by atoms with Crippen molar-refractivity contribution in [3.8, 4) is 11.5 Å². The van der Waals surface area contributed by atoms with Gasteiger partial charge in [-0.3, -0.25) is 4.79 Å². The van der Waals surface area contributed by atoms with Crippen LogP contribution in [0.3, 0.4) is 0 Å². The number of likely N-dealkylation sites (tertiary alicyclic amines) is 1.